The molecule has 1 aliphatic heterocycles. The van der Waals surface area contributed by atoms with Gasteiger partial charge in [0.1, 0.15) is 5.82 Å². The summed E-state index contributed by atoms with van der Waals surface area (Å²) in [5.74, 6) is -2.99. The average molecular weight is 261 g/mol. The van der Waals surface area contributed by atoms with Crippen LogP contribution in [0.25, 0.3) is 0 Å². The number of Topliss-reactive ketones (excluding diaryl/α,β-unsaturated/α-hetero) is 1. The number of rotatable bonds is 2. The third-order valence-corrected chi connectivity index (χ3v) is 2.56. The van der Waals surface area contributed by atoms with Crippen LogP contribution in [0.3, 0.4) is 0 Å². The number of ketones is 1. The average Bonchev–Trinajstić information content (AvgIpc) is 2.51. The lowest BCUT2D eigenvalue weighted by Gasteiger charge is -2.17. The molecular formula is C11H7F4NO2. The fourth-order valence-electron chi connectivity index (χ4n) is 1.76. The van der Waals surface area contributed by atoms with Gasteiger partial charge in [-0.05, 0) is 12.1 Å². The first-order valence-corrected chi connectivity index (χ1v) is 5.03. The van der Waals surface area contributed by atoms with Gasteiger partial charge in [0.05, 0.1) is 17.7 Å². The van der Waals surface area contributed by atoms with Crippen LogP contribution in [0.15, 0.2) is 18.2 Å². The summed E-state index contributed by atoms with van der Waals surface area (Å²) in [7, 11) is 0. The molecule has 0 fully saturated rings. The van der Waals surface area contributed by atoms with Crippen molar-refractivity contribution in [3.63, 3.8) is 0 Å². The highest BCUT2D eigenvalue weighted by Crippen LogP contribution is 2.33. The topological polar surface area (TPSA) is 37.4 Å². The second-order valence-electron chi connectivity index (χ2n) is 3.79. The second kappa shape index (κ2) is 4.08. The fourth-order valence-corrected chi connectivity index (χ4v) is 1.76. The molecule has 1 aromatic carbocycles. The van der Waals surface area contributed by atoms with E-state index in [1.54, 1.807) is 0 Å². The summed E-state index contributed by atoms with van der Waals surface area (Å²) >= 11 is 0. The van der Waals surface area contributed by atoms with Crippen LogP contribution in [0.4, 0.5) is 23.2 Å². The highest BCUT2D eigenvalue weighted by atomic mass is 19.4. The van der Waals surface area contributed by atoms with Gasteiger partial charge >= 0.3 is 6.18 Å². The summed E-state index contributed by atoms with van der Waals surface area (Å²) < 4.78 is 49.8. The number of carbonyl (C=O) groups is 2. The third-order valence-electron chi connectivity index (χ3n) is 2.56. The number of fused-ring (bicyclic) bond motifs is 1. The van der Waals surface area contributed by atoms with E-state index in [-0.39, 0.29) is 11.3 Å². The van der Waals surface area contributed by atoms with Crippen LogP contribution in [0.2, 0.25) is 0 Å². The van der Waals surface area contributed by atoms with Gasteiger partial charge < -0.3 is 4.90 Å². The van der Waals surface area contributed by atoms with Gasteiger partial charge in [0.15, 0.2) is 0 Å². The van der Waals surface area contributed by atoms with Gasteiger partial charge in [0.2, 0.25) is 0 Å². The number of anilines is 1. The van der Waals surface area contributed by atoms with E-state index < -0.39 is 36.6 Å². The number of nitrogens with zero attached hydrogens (tertiary/aromatic N) is 1. The maximum absolute atomic E-state index is 13.5. The Kier molecular flexibility index (Phi) is 2.84. The van der Waals surface area contributed by atoms with E-state index in [1.807, 2.05) is 0 Å². The summed E-state index contributed by atoms with van der Waals surface area (Å²) in [5, 5.41) is 0. The van der Waals surface area contributed by atoms with Gasteiger partial charge in [0, 0.05) is 6.54 Å². The number of hydrogen-bond donors (Lipinski definition) is 0. The monoisotopic (exact) mass is 261 g/mol. The largest absolute Gasteiger partial charge is 0.390 e. The molecule has 0 spiro atoms. The summed E-state index contributed by atoms with van der Waals surface area (Å²) in [4.78, 5) is 23.5. The van der Waals surface area contributed by atoms with Gasteiger partial charge in [-0.3, -0.25) is 9.59 Å². The SMILES string of the molecule is O=C1C(=O)N(CCC(F)(F)F)c2c(F)cccc21. The van der Waals surface area contributed by atoms with Crippen molar-refractivity contribution in [3.8, 4) is 0 Å². The van der Waals surface area contributed by atoms with Crippen molar-refractivity contribution in [2.24, 2.45) is 0 Å². The zero-order chi connectivity index (χ0) is 13.5. The van der Waals surface area contributed by atoms with E-state index in [1.165, 1.54) is 12.1 Å². The zero-order valence-corrected chi connectivity index (χ0v) is 8.92. The Morgan fingerprint density at radius 3 is 2.44 bits per heavy atom. The van der Waals surface area contributed by atoms with Crippen molar-refractivity contribution in [2.45, 2.75) is 12.6 Å². The number of amides is 1. The van der Waals surface area contributed by atoms with Crippen molar-refractivity contribution in [1.82, 2.24) is 0 Å². The van der Waals surface area contributed by atoms with Crippen LogP contribution in [0.1, 0.15) is 16.8 Å². The van der Waals surface area contributed by atoms with Crippen molar-refractivity contribution < 1.29 is 27.2 Å². The molecule has 18 heavy (non-hydrogen) atoms. The van der Waals surface area contributed by atoms with E-state index in [2.05, 4.69) is 0 Å². The van der Waals surface area contributed by atoms with Crippen LogP contribution in [0, 0.1) is 5.82 Å². The smallest absolute Gasteiger partial charge is 0.302 e. The number of halogens is 4. The van der Waals surface area contributed by atoms with Gasteiger partial charge in [-0.1, -0.05) is 6.07 Å². The summed E-state index contributed by atoms with van der Waals surface area (Å²) in [5.41, 5.74) is -0.557. The molecule has 3 nitrogen and oxygen atoms in total. The molecule has 0 bridgehead atoms. The molecule has 0 N–H and O–H groups in total. The lowest BCUT2D eigenvalue weighted by molar-refractivity contribution is -0.133. The highest BCUT2D eigenvalue weighted by molar-refractivity contribution is 6.52. The van der Waals surface area contributed by atoms with Gasteiger partial charge in [0.25, 0.3) is 11.7 Å². The molecule has 0 aromatic heterocycles. The number of para-hydroxylation sites is 1. The standard InChI is InChI=1S/C11H7F4NO2/c12-7-3-1-2-6-8(7)16(10(18)9(6)17)5-4-11(13,14)15/h1-3H,4-5H2. The minimum absolute atomic E-state index is 0.192. The summed E-state index contributed by atoms with van der Waals surface area (Å²) in [6.07, 6.45) is -5.77. The number of benzene rings is 1. The van der Waals surface area contributed by atoms with Crippen LogP contribution in [0.5, 0.6) is 0 Å². The van der Waals surface area contributed by atoms with E-state index in [0.29, 0.717) is 4.90 Å². The molecule has 0 saturated heterocycles. The molecule has 0 aliphatic carbocycles. The van der Waals surface area contributed by atoms with Crippen molar-refractivity contribution in [2.75, 3.05) is 11.4 Å². The first kappa shape index (κ1) is 12.5. The molecule has 96 valence electrons. The van der Waals surface area contributed by atoms with E-state index in [0.717, 1.165) is 6.07 Å². The second-order valence-corrected chi connectivity index (χ2v) is 3.79. The molecular weight excluding hydrogens is 254 g/mol. The maximum Gasteiger partial charge on any atom is 0.390 e. The van der Waals surface area contributed by atoms with E-state index in [4.69, 9.17) is 0 Å². The molecule has 0 saturated carbocycles. The van der Waals surface area contributed by atoms with Crippen molar-refractivity contribution in [1.29, 1.82) is 0 Å². The quantitative estimate of drug-likeness (QED) is 0.605. The molecule has 0 atom stereocenters. The predicted octanol–water partition coefficient (Wildman–Crippen LogP) is 2.31. The number of alkyl halides is 3. The number of hydrogen-bond acceptors (Lipinski definition) is 2. The Hall–Kier alpha value is -1.92. The van der Waals surface area contributed by atoms with E-state index >= 15 is 0 Å². The van der Waals surface area contributed by atoms with Gasteiger partial charge in [-0.15, -0.1) is 0 Å². The van der Waals surface area contributed by atoms with Crippen LogP contribution in [-0.4, -0.2) is 24.4 Å². The predicted molar refractivity (Wildman–Crippen MR) is 53.8 cm³/mol. The minimum atomic E-state index is -4.47. The maximum atomic E-state index is 13.5. The molecule has 1 heterocycles. The normalized spacial score (nSPS) is 15.2. The molecule has 7 heteroatoms. The van der Waals surface area contributed by atoms with Crippen LogP contribution >= 0.6 is 0 Å². The number of carbonyl (C=O) groups excluding carboxylic acids is 2. The van der Waals surface area contributed by atoms with Gasteiger partial charge in [-0.25, -0.2) is 4.39 Å². The third kappa shape index (κ3) is 2.07. The summed E-state index contributed by atoms with van der Waals surface area (Å²) in [6.45, 7) is -0.762. The Bertz CT molecular complexity index is 524. The van der Waals surface area contributed by atoms with Crippen molar-refractivity contribution >= 4 is 17.4 Å². The lowest BCUT2D eigenvalue weighted by Crippen LogP contribution is -2.33. The zero-order valence-electron chi connectivity index (χ0n) is 8.92. The Morgan fingerprint density at radius 1 is 1.17 bits per heavy atom. The van der Waals surface area contributed by atoms with Crippen molar-refractivity contribution in [3.05, 3.63) is 29.6 Å². The van der Waals surface area contributed by atoms with Gasteiger partial charge in [-0.2, -0.15) is 13.2 Å². The molecule has 1 aliphatic rings. The first-order chi connectivity index (χ1) is 8.31. The molecule has 0 unspecified atom stereocenters. The minimum Gasteiger partial charge on any atom is -0.302 e. The Labute approximate surface area is 99.0 Å². The molecule has 1 aromatic rings. The molecule has 0 radical (unpaired) electrons. The fraction of sp³-hybridized carbons (Fsp3) is 0.273. The Morgan fingerprint density at radius 2 is 1.83 bits per heavy atom. The highest BCUT2D eigenvalue weighted by Gasteiger charge is 2.39. The molecule has 2 rings (SSSR count). The first-order valence-electron chi connectivity index (χ1n) is 5.03. The lowest BCUT2D eigenvalue weighted by atomic mass is 10.1. The Balaban J connectivity index is 2.34. The summed E-state index contributed by atoms with van der Waals surface area (Å²) in [6, 6.07) is 3.43. The van der Waals surface area contributed by atoms with E-state index in [9.17, 15) is 27.2 Å². The van der Waals surface area contributed by atoms with Crippen LogP contribution in [-0.2, 0) is 4.79 Å². The molecule has 1 amide bonds. The van der Waals surface area contributed by atoms with Crippen LogP contribution < -0.4 is 4.90 Å².